The fourth-order valence-corrected chi connectivity index (χ4v) is 2.08. The molecule has 6 heteroatoms. The number of hydrogen-bond acceptors (Lipinski definition) is 5. The third-order valence-electron chi connectivity index (χ3n) is 2.63. The maximum atomic E-state index is 10.7. The molecule has 0 radical (unpaired) electrons. The van der Waals surface area contributed by atoms with E-state index >= 15 is 0 Å². The lowest BCUT2D eigenvalue weighted by molar-refractivity contribution is -0.385. The van der Waals surface area contributed by atoms with Gasteiger partial charge in [-0.3, -0.25) is 10.1 Å². The SMILES string of the molecule is CSCCN(C)CC(O)c1cccc([N+](=O)[O-])c1. The molecule has 0 aromatic heterocycles. The van der Waals surface area contributed by atoms with E-state index in [9.17, 15) is 15.2 Å². The Balaban J connectivity index is 2.63. The standard InChI is InChI=1S/C12H18N2O3S/c1-13(6-7-18-2)9-12(15)10-4-3-5-11(8-10)14(16)17/h3-5,8,12,15H,6-7,9H2,1-2H3. The minimum absolute atomic E-state index is 0.0123. The molecule has 0 spiro atoms. The second-order valence-electron chi connectivity index (χ2n) is 4.12. The van der Waals surface area contributed by atoms with Gasteiger partial charge in [0.05, 0.1) is 11.0 Å². The minimum Gasteiger partial charge on any atom is -0.387 e. The minimum atomic E-state index is -0.697. The van der Waals surface area contributed by atoms with Crippen LogP contribution in [0.4, 0.5) is 5.69 Å². The van der Waals surface area contributed by atoms with E-state index in [0.29, 0.717) is 12.1 Å². The number of thioether (sulfide) groups is 1. The summed E-state index contributed by atoms with van der Waals surface area (Å²) in [6.45, 7) is 1.36. The summed E-state index contributed by atoms with van der Waals surface area (Å²) in [5, 5.41) is 20.7. The summed E-state index contributed by atoms with van der Waals surface area (Å²) in [5.74, 6) is 0.998. The Morgan fingerprint density at radius 2 is 2.28 bits per heavy atom. The molecule has 0 heterocycles. The zero-order valence-electron chi connectivity index (χ0n) is 10.6. The topological polar surface area (TPSA) is 66.6 Å². The van der Waals surface area contributed by atoms with Crippen LogP contribution in [0.5, 0.6) is 0 Å². The molecule has 1 atom stereocenters. The highest BCUT2D eigenvalue weighted by atomic mass is 32.2. The van der Waals surface area contributed by atoms with Gasteiger partial charge in [0.1, 0.15) is 0 Å². The van der Waals surface area contributed by atoms with Gasteiger partial charge in [-0.1, -0.05) is 12.1 Å². The van der Waals surface area contributed by atoms with E-state index in [2.05, 4.69) is 0 Å². The molecule has 1 rings (SSSR count). The van der Waals surface area contributed by atoms with Crippen molar-refractivity contribution in [2.24, 2.45) is 0 Å². The number of aliphatic hydroxyl groups excluding tert-OH is 1. The normalized spacial score (nSPS) is 12.7. The highest BCUT2D eigenvalue weighted by molar-refractivity contribution is 7.98. The summed E-state index contributed by atoms with van der Waals surface area (Å²) in [5.41, 5.74) is 0.596. The lowest BCUT2D eigenvalue weighted by Gasteiger charge is -2.20. The number of nitro benzene ring substituents is 1. The van der Waals surface area contributed by atoms with Gasteiger partial charge in [0.15, 0.2) is 0 Å². The quantitative estimate of drug-likeness (QED) is 0.605. The highest BCUT2D eigenvalue weighted by Gasteiger charge is 2.14. The molecule has 5 nitrogen and oxygen atoms in total. The number of benzene rings is 1. The van der Waals surface area contributed by atoms with Crippen LogP contribution in [0.2, 0.25) is 0 Å². The number of aliphatic hydroxyl groups is 1. The molecule has 1 aromatic rings. The van der Waals surface area contributed by atoms with Crippen LogP contribution in [-0.2, 0) is 0 Å². The molecule has 0 saturated carbocycles. The number of nitro groups is 1. The lowest BCUT2D eigenvalue weighted by atomic mass is 10.1. The summed E-state index contributed by atoms with van der Waals surface area (Å²) in [4.78, 5) is 12.2. The Hall–Kier alpha value is -1.11. The molecule has 0 fully saturated rings. The fraction of sp³-hybridized carbons (Fsp3) is 0.500. The van der Waals surface area contributed by atoms with E-state index in [-0.39, 0.29) is 5.69 Å². The van der Waals surface area contributed by atoms with E-state index in [1.807, 2.05) is 18.2 Å². The average Bonchev–Trinajstić information content (AvgIpc) is 2.36. The molecular weight excluding hydrogens is 252 g/mol. The van der Waals surface area contributed by atoms with Gasteiger partial charge in [0.25, 0.3) is 5.69 Å². The van der Waals surface area contributed by atoms with Crippen molar-refractivity contribution in [1.29, 1.82) is 0 Å². The third kappa shape index (κ3) is 4.64. The first-order chi connectivity index (χ1) is 8.54. The fourth-order valence-electron chi connectivity index (χ4n) is 1.58. The van der Waals surface area contributed by atoms with Crippen molar-refractivity contribution in [2.75, 3.05) is 32.1 Å². The van der Waals surface area contributed by atoms with E-state index in [0.717, 1.165) is 12.3 Å². The highest BCUT2D eigenvalue weighted by Crippen LogP contribution is 2.19. The van der Waals surface area contributed by atoms with Crippen molar-refractivity contribution < 1.29 is 10.0 Å². The molecule has 1 unspecified atom stereocenters. The summed E-state index contributed by atoms with van der Waals surface area (Å²) >= 11 is 1.75. The summed E-state index contributed by atoms with van der Waals surface area (Å²) in [7, 11) is 1.93. The Morgan fingerprint density at radius 3 is 2.89 bits per heavy atom. The van der Waals surface area contributed by atoms with Crippen LogP contribution in [-0.4, -0.2) is 47.1 Å². The number of hydrogen-bond donors (Lipinski definition) is 1. The van der Waals surface area contributed by atoms with E-state index in [1.165, 1.54) is 12.1 Å². The second kappa shape index (κ2) is 7.35. The van der Waals surface area contributed by atoms with Crippen molar-refractivity contribution in [1.82, 2.24) is 4.90 Å². The van der Waals surface area contributed by atoms with Gasteiger partial charge in [-0.15, -0.1) is 0 Å². The van der Waals surface area contributed by atoms with Crippen LogP contribution in [0.1, 0.15) is 11.7 Å². The molecule has 1 aromatic carbocycles. The first-order valence-corrected chi connectivity index (χ1v) is 7.04. The third-order valence-corrected chi connectivity index (χ3v) is 3.22. The van der Waals surface area contributed by atoms with Crippen LogP contribution in [0.3, 0.4) is 0 Å². The van der Waals surface area contributed by atoms with Gasteiger partial charge in [0.2, 0.25) is 0 Å². The maximum absolute atomic E-state index is 10.7. The van der Waals surface area contributed by atoms with Crippen molar-refractivity contribution in [2.45, 2.75) is 6.10 Å². The van der Waals surface area contributed by atoms with Gasteiger partial charge in [0, 0.05) is 31.0 Å². The molecule has 100 valence electrons. The second-order valence-corrected chi connectivity index (χ2v) is 5.11. The lowest BCUT2D eigenvalue weighted by Crippen LogP contribution is -2.26. The van der Waals surface area contributed by atoms with Gasteiger partial charge >= 0.3 is 0 Å². The summed E-state index contributed by atoms with van der Waals surface area (Å²) in [6.07, 6.45) is 1.34. The largest absolute Gasteiger partial charge is 0.387 e. The molecular formula is C12H18N2O3S. The molecule has 0 aliphatic heterocycles. The molecule has 0 aliphatic rings. The number of rotatable bonds is 7. The first kappa shape index (κ1) is 14.9. The zero-order chi connectivity index (χ0) is 13.5. The van der Waals surface area contributed by atoms with Crippen molar-refractivity contribution in [3.05, 3.63) is 39.9 Å². The van der Waals surface area contributed by atoms with Gasteiger partial charge in [-0.2, -0.15) is 11.8 Å². The number of nitrogens with zero attached hydrogens (tertiary/aromatic N) is 2. The van der Waals surface area contributed by atoms with Gasteiger partial charge < -0.3 is 10.0 Å². The van der Waals surface area contributed by atoms with Crippen LogP contribution in [0.15, 0.2) is 24.3 Å². The first-order valence-electron chi connectivity index (χ1n) is 5.64. The average molecular weight is 270 g/mol. The molecule has 0 aliphatic carbocycles. The van der Waals surface area contributed by atoms with Crippen molar-refractivity contribution >= 4 is 17.4 Å². The number of likely N-dealkylation sites (N-methyl/N-ethyl adjacent to an activating group) is 1. The van der Waals surface area contributed by atoms with Crippen LogP contribution < -0.4 is 0 Å². The Labute approximate surface area is 111 Å². The van der Waals surface area contributed by atoms with Crippen LogP contribution >= 0.6 is 11.8 Å². The summed E-state index contributed by atoms with van der Waals surface area (Å²) in [6, 6.07) is 6.15. The molecule has 0 saturated heterocycles. The smallest absolute Gasteiger partial charge is 0.269 e. The number of non-ortho nitro benzene ring substituents is 1. The summed E-state index contributed by atoms with van der Waals surface area (Å²) < 4.78 is 0. The van der Waals surface area contributed by atoms with Crippen LogP contribution in [0.25, 0.3) is 0 Å². The Bertz CT molecular complexity index is 401. The van der Waals surface area contributed by atoms with Gasteiger partial charge in [-0.25, -0.2) is 0 Å². The molecule has 1 N–H and O–H groups in total. The molecule has 0 bridgehead atoms. The zero-order valence-corrected chi connectivity index (χ0v) is 11.4. The molecule has 18 heavy (non-hydrogen) atoms. The van der Waals surface area contributed by atoms with Crippen molar-refractivity contribution in [3.8, 4) is 0 Å². The Morgan fingerprint density at radius 1 is 1.56 bits per heavy atom. The van der Waals surface area contributed by atoms with E-state index in [1.54, 1.807) is 23.9 Å². The molecule has 0 amide bonds. The van der Waals surface area contributed by atoms with Gasteiger partial charge in [-0.05, 0) is 18.9 Å². The van der Waals surface area contributed by atoms with E-state index in [4.69, 9.17) is 0 Å². The predicted octanol–water partition coefficient (Wildman–Crippen LogP) is 1.92. The van der Waals surface area contributed by atoms with Crippen LogP contribution in [0, 0.1) is 10.1 Å². The Kier molecular flexibility index (Phi) is 6.11. The van der Waals surface area contributed by atoms with Crippen molar-refractivity contribution in [3.63, 3.8) is 0 Å². The maximum Gasteiger partial charge on any atom is 0.269 e. The van der Waals surface area contributed by atoms with E-state index < -0.39 is 11.0 Å². The predicted molar refractivity (Wildman–Crippen MR) is 73.9 cm³/mol. The monoisotopic (exact) mass is 270 g/mol.